The smallest absolute Gasteiger partial charge is 0.227 e. The first-order valence-electron chi connectivity index (χ1n) is 9.85. The van der Waals surface area contributed by atoms with Gasteiger partial charge >= 0.3 is 0 Å². The van der Waals surface area contributed by atoms with Crippen molar-refractivity contribution in [3.05, 3.63) is 59.9 Å². The molecule has 2 aromatic carbocycles. The number of nitrogens with zero attached hydrogens (tertiary/aromatic N) is 2. The minimum atomic E-state index is -0.0670. The largest absolute Gasteiger partial charge is 0.378 e. The van der Waals surface area contributed by atoms with Crippen molar-refractivity contribution in [2.75, 3.05) is 31.6 Å². The number of para-hydroxylation sites is 2. The van der Waals surface area contributed by atoms with Crippen LogP contribution in [0.1, 0.15) is 17.8 Å². The Kier molecular flexibility index (Phi) is 5.86. The fourth-order valence-electron chi connectivity index (χ4n) is 3.38. The molecule has 1 fully saturated rings. The number of hydrogen-bond acceptors (Lipinski definition) is 4. The Bertz CT molecular complexity index is 958. The van der Waals surface area contributed by atoms with E-state index in [1.165, 1.54) is 0 Å². The highest BCUT2D eigenvalue weighted by molar-refractivity contribution is 5.91. The van der Waals surface area contributed by atoms with Crippen LogP contribution in [-0.2, 0) is 27.2 Å². The van der Waals surface area contributed by atoms with E-state index in [-0.39, 0.29) is 11.8 Å². The van der Waals surface area contributed by atoms with Gasteiger partial charge in [0.15, 0.2) is 0 Å². The zero-order chi connectivity index (χ0) is 20.1. The average molecular weight is 392 g/mol. The van der Waals surface area contributed by atoms with E-state index in [1.54, 1.807) is 0 Å². The normalized spacial score (nSPS) is 14.1. The third-order valence-corrected chi connectivity index (χ3v) is 4.98. The number of anilines is 1. The number of rotatable bonds is 6. The van der Waals surface area contributed by atoms with Gasteiger partial charge in [-0.05, 0) is 29.8 Å². The molecule has 1 aliphatic rings. The van der Waals surface area contributed by atoms with Gasteiger partial charge in [0, 0.05) is 31.6 Å². The van der Waals surface area contributed by atoms with Crippen molar-refractivity contribution in [2.24, 2.45) is 0 Å². The van der Waals surface area contributed by atoms with E-state index in [0.717, 1.165) is 28.1 Å². The molecule has 0 spiro atoms. The number of imidazole rings is 1. The molecule has 1 aromatic heterocycles. The molecule has 2 amide bonds. The standard InChI is InChI=1S/C22H24N4O3/c27-21(10-9-20-24-18-3-1-2-4-19(18)25-20)23-17-7-5-16(6-8-17)15-22(28)26-11-13-29-14-12-26/h1-8H,9-15H2,(H,23,27)(H,24,25). The van der Waals surface area contributed by atoms with Gasteiger partial charge in [0.1, 0.15) is 5.82 Å². The molecule has 0 saturated carbocycles. The van der Waals surface area contributed by atoms with Crippen LogP contribution in [0.15, 0.2) is 48.5 Å². The van der Waals surface area contributed by atoms with Crippen LogP contribution in [0.25, 0.3) is 11.0 Å². The van der Waals surface area contributed by atoms with Crippen LogP contribution in [0.3, 0.4) is 0 Å². The summed E-state index contributed by atoms with van der Waals surface area (Å²) in [4.78, 5) is 34.1. The molecule has 3 aromatic rings. The van der Waals surface area contributed by atoms with Crippen molar-refractivity contribution in [1.82, 2.24) is 14.9 Å². The lowest BCUT2D eigenvalue weighted by Crippen LogP contribution is -2.41. The number of hydrogen-bond donors (Lipinski definition) is 2. The minimum absolute atomic E-state index is 0.0670. The number of ether oxygens (including phenoxy) is 1. The molecule has 0 aliphatic carbocycles. The molecule has 0 bridgehead atoms. The number of benzene rings is 2. The number of fused-ring (bicyclic) bond motifs is 1. The van der Waals surface area contributed by atoms with E-state index in [0.29, 0.717) is 45.6 Å². The second-order valence-electron chi connectivity index (χ2n) is 7.12. The summed E-state index contributed by atoms with van der Waals surface area (Å²) in [5.74, 6) is 0.844. The van der Waals surface area contributed by atoms with E-state index < -0.39 is 0 Å². The van der Waals surface area contributed by atoms with Crippen LogP contribution in [0, 0.1) is 0 Å². The van der Waals surface area contributed by atoms with Crippen LogP contribution < -0.4 is 5.32 Å². The van der Waals surface area contributed by atoms with Crippen LogP contribution in [0.2, 0.25) is 0 Å². The third kappa shape index (κ3) is 5.00. The second kappa shape index (κ2) is 8.87. The molecule has 4 rings (SSSR count). The van der Waals surface area contributed by atoms with Crippen molar-refractivity contribution >= 4 is 28.5 Å². The maximum absolute atomic E-state index is 12.3. The van der Waals surface area contributed by atoms with E-state index >= 15 is 0 Å². The molecule has 2 N–H and O–H groups in total. The van der Waals surface area contributed by atoms with Gasteiger partial charge in [-0.25, -0.2) is 4.98 Å². The maximum atomic E-state index is 12.3. The molecule has 0 radical (unpaired) electrons. The van der Waals surface area contributed by atoms with E-state index in [4.69, 9.17) is 4.74 Å². The lowest BCUT2D eigenvalue weighted by molar-refractivity contribution is -0.134. The fraction of sp³-hybridized carbons (Fsp3) is 0.318. The Balaban J connectivity index is 1.26. The Labute approximate surface area is 169 Å². The van der Waals surface area contributed by atoms with E-state index in [2.05, 4.69) is 15.3 Å². The van der Waals surface area contributed by atoms with Crippen molar-refractivity contribution in [3.63, 3.8) is 0 Å². The van der Waals surface area contributed by atoms with Gasteiger partial charge in [-0.1, -0.05) is 24.3 Å². The lowest BCUT2D eigenvalue weighted by atomic mass is 10.1. The zero-order valence-electron chi connectivity index (χ0n) is 16.2. The summed E-state index contributed by atoms with van der Waals surface area (Å²) >= 11 is 0. The van der Waals surface area contributed by atoms with Gasteiger partial charge in [-0.3, -0.25) is 9.59 Å². The minimum Gasteiger partial charge on any atom is -0.378 e. The second-order valence-corrected chi connectivity index (χ2v) is 7.12. The number of aromatic amines is 1. The summed E-state index contributed by atoms with van der Waals surface area (Å²) in [5.41, 5.74) is 3.54. The Morgan fingerprint density at radius 3 is 2.59 bits per heavy atom. The number of H-pyrrole nitrogens is 1. The number of aromatic nitrogens is 2. The number of morpholine rings is 1. The average Bonchev–Trinajstić information content (AvgIpc) is 3.17. The first-order chi connectivity index (χ1) is 14.2. The molecule has 7 heteroatoms. The topological polar surface area (TPSA) is 87.3 Å². The van der Waals surface area contributed by atoms with Gasteiger partial charge < -0.3 is 19.9 Å². The molecular formula is C22H24N4O3. The first kappa shape index (κ1) is 19.1. The Morgan fingerprint density at radius 2 is 1.83 bits per heavy atom. The Hall–Kier alpha value is -3.19. The third-order valence-electron chi connectivity index (χ3n) is 4.98. The first-order valence-corrected chi connectivity index (χ1v) is 9.85. The molecule has 7 nitrogen and oxygen atoms in total. The number of nitrogens with one attached hydrogen (secondary N) is 2. The quantitative estimate of drug-likeness (QED) is 0.675. The number of aryl methyl sites for hydroxylation is 1. The predicted octanol–water partition coefficient (Wildman–Crippen LogP) is 2.54. The molecule has 29 heavy (non-hydrogen) atoms. The number of amides is 2. The van der Waals surface area contributed by atoms with Crippen LogP contribution in [-0.4, -0.2) is 53.0 Å². The maximum Gasteiger partial charge on any atom is 0.227 e. The van der Waals surface area contributed by atoms with Crippen molar-refractivity contribution in [1.29, 1.82) is 0 Å². The van der Waals surface area contributed by atoms with Crippen LogP contribution >= 0.6 is 0 Å². The van der Waals surface area contributed by atoms with Crippen molar-refractivity contribution in [3.8, 4) is 0 Å². The Morgan fingerprint density at radius 1 is 1.07 bits per heavy atom. The molecule has 150 valence electrons. The zero-order valence-corrected chi connectivity index (χ0v) is 16.2. The van der Waals surface area contributed by atoms with E-state index in [9.17, 15) is 9.59 Å². The lowest BCUT2D eigenvalue weighted by Gasteiger charge is -2.26. The highest BCUT2D eigenvalue weighted by atomic mass is 16.5. The molecule has 0 unspecified atom stereocenters. The molecule has 1 aliphatic heterocycles. The van der Waals surface area contributed by atoms with Crippen LogP contribution in [0.4, 0.5) is 5.69 Å². The van der Waals surface area contributed by atoms with Crippen molar-refractivity contribution < 1.29 is 14.3 Å². The summed E-state index contributed by atoms with van der Waals surface area (Å²) in [6.07, 6.45) is 1.25. The van der Waals surface area contributed by atoms with Crippen LogP contribution in [0.5, 0.6) is 0 Å². The molecule has 1 saturated heterocycles. The van der Waals surface area contributed by atoms with Gasteiger partial charge in [0.2, 0.25) is 11.8 Å². The van der Waals surface area contributed by atoms with Crippen molar-refractivity contribution in [2.45, 2.75) is 19.3 Å². The van der Waals surface area contributed by atoms with Gasteiger partial charge in [-0.2, -0.15) is 0 Å². The number of carbonyl (C=O) groups is 2. The predicted molar refractivity (Wildman–Crippen MR) is 111 cm³/mol. The SMILES string of the molecule is O=C(CCc1nc2ccccc2[nH]1)Nc1ccc(CC(=O)N2CCOCC2)cc1. The molecule has 0 atom stereocenters. The molecule has 2 heterocycles. The van der Waals surface area contributed by atoms with Gasteiger partial charge in [0.25, 0.3) is 0 Å². The fourth-order valence-corrected chi connectivity index (χ4v) is 3.38. The van der Waals surface area contributed by atoms with Gasteiger partial charge in [-0.15, -0.1) is 0 Å². The number of carbonyl (C=O) groups excluding carboxylic acids is 2. The monoisotopic (exact) mass is 392 g/mol. The summed E-state index contributed by atoms with van der Waals surface area (Å²) in [6.45, 7) is 2.51. The summed E-state index contributed by atoms with van der Waals surface area (Å²) in [7, 11) is 0. The van der Waals surface area contributed by atoms with Gasteiger partial charge in [0.05, 0.1) is 30.7 Å². The highest BCUT2D eigenvalue weighted by Gasteiger charge is 2.17. The summed E-state index contributed by atoms with van der Waals surface area (Å²) in [6, 6.07) is 15.2. The van der Waals surface area contributed by atoms with E-state index in [1.807, 2.05) is 53.4 Å². The highest BCUT2D eigenvalue weighted by Crippen LogP contribution is 2.14. The molecular weight excluding hydrogens is 368 g/mol. The summed E-state index contributed by atoms with van der Waals surface area (Å²) in [5, 5.41) is 2.90. The summed E-state index contributed by atoms with van der Waals surface area (Å²) < 4.78 is 5.28.